The highest BCUT2D eigenvalue weighted by Gasteiger charge is 2.17. The zero-order valence-corrected chi connectivity index (χ0v) is 17.9. The summed E-state index contributed by atoms with van der Waals surface area (Å²) in [6.07, 6.45) is 1.56. The average molecular weight is 454 g/mol. The molecule has 32 heavy (non-hydrogen) atoms. The molecule has 4 aromatic rings. The summed E-state index contributed by atoms with van der Waals surface area (Å²) in [5.74, 6) is 1.03. The van der Waals surface area contributed by atoms with Crippen LogP contribution in [0.1, 0.15) is 0 Å². The number of urea groups is 1. The number of hydrogen-bond donors (Lipinski definition) is 2. The van der Waals surface area contributed by atoms with Gasteiger partial charge in [-0.3, -0.25) is 0 Å². The molecule has 2 N–H and O–H groups in total. The SMILES string of the molecule is COCCOc1nc(-c2ccco2)n(-c2ccc(NC(=O)Nc3cccc(Cl)c3)cc2)n1. The predicted octanol–water partition coefficient (Wildman–Crippen LogP) is 4.85. The summed E-state index contributed by atoms with van der Waals surface area (Å²) >= 11 is 5.94. The van der Waals surface area contributed by atoms with Crippen LogP contribution >= 0.6 is 11.6 Å². The minimum absolute atomic E-state index is 0.205. The first kappa shape index (κ1) is 21.4. The molecule has 0 atom stereocenters. The van der Waals surface area contributed by atoms with Gasteiger partial charge in [-0.1, -0.05) is 17.7 Å². The largest absolute Gasteiger partial charge is 0.461 e. The molecule has 2 amide bonds. The second-order valence-electron chi connectivity index (χ2n) is 6.58. The highest BCUT2D eigenvalue weighted by molar-refractivity contribution is 6.30. The lowest BCUT2D eigenvalue weighted by Gasteiger charge is -2.09. The number of carbonyl (C=O) groups is 1. The van der Waals surface area contributed by atoms with Crippen LogP contribution in [-0.4, -0.2) is 41.1 Å². The van der Waals surface area contributed by atoms with E-state index in [1.54, 1.807) is 78.7 Å². The lowest BCUT2D eigenvalue weighted by atomic mass is 10.2. The smallest absolute Gasteiger partial charge is 0.336 e. The van der Waals surface area contributed by atoms with E-state index in [1.165, 1.54) is 0 Å². The Bertz CT molecular complexity index is 1180. The molecule has 0 aliphatic carbocycles. The van der Waals surface area contributed by atoms with E-state index >= 15 is 0 Å². The number of halogens is 1. The van der Waals surface area contributed by atoms with Gasteiger partial charge in [0.1, 0.15) is 6.61 Å². The summed E-state index contributed by atoms with van der Waals surface area (Å²) in [5.41, 5.74) is 1.91. The first-order chi connectivity index (χ1) is 15.6. The molecule has 0 saturated heterocycles. The lowest BCUT2D eigenvalue weighted by Crippen LogP contribution is -2.19. The van der Waals surface area contributed by atoms with E-state index in [4.69, 9.17) is 25.5 Å². The number of nitrogens with one attached hydrogen (secondary N) is 2. The second-order valence-corrected chi connectivity index (χ2v) is 7.02. The minimum Gasteiger partial charge on any atom is -0.461 e. The van der Waals surface area contributed by atoms with Crippen molar-refractivity contribution in [2.45, 2.75) is 0 Å². The van der Waals surface area contributed by atoms with Crippen LogP contribution < -0.4 is 15.4 Å². The molecule has 9 nitrogen and oxygen atoms in total. The molecule has 0 unspecified atom stereocenters. The molecule has 0 spiro atoms. The number of anilines is 2. The molecule has 10 heteroatoms. The quantitative estimate of drug-likeness (QED) is 0.369. The van der Waals surface area contributed by atoms with E-state index in [0.717, 1.165) is 0 Å². The number of nitrogens with zero attached hydrogens (tertiary/aromatic N) is 3. The van der Waals surface area contributed by atoms with Crippen molar-refractivity contribution >= 4 is 29.0 Å². The second kappa shape index (κ2) is 9.99. The highest BCUT2D eigenvalue weighted by atomic mass is 35.5. The number of rotatable bonds is 8. The van der Waals surface area contributed by atoms with E-state index in [1.807, 2.05) is 0 Å². The van der Waals surface area contributed by atoms with Gasteiger partial charge in [0, 0.05) is 23.5 Å². The van der Waals surface area contributed by atoms with Crippen molar-refractivity contribution in [3.63, 3.8) is 0 Å². The van der Waals surface area contributed by atoms with Crippen LogP contribution in [0.15, 0.2) is 71.3 Å². The van der Waals surface area contributed by atoms with Crippen LogP contribution in [0.25, 0.3) is 17.3 Å². The van der Waals surface area contributed by atoms with Gasteiger partial charge >= 0.3 is 12.0 Å². The number of furan rings is 1. The molecule has 4 rings (SSSR count). The van der Waals surface area contributed by atoms with Crippen molar-refractivity contribution in [1.82, 2.24) is 14.8 Å². The molecule has 2 aromatic carbocycles. The van der Waals surface area contributed by atoms with Crippen LogP contribution in [0.4, 0.5) is 16.2 Å². The van der Waals surface area contributed by atoms with Gasteiger partial charge in [-0.2, -0.15) is 4.98 Å². The Labute approximate surface area is 188 Å². The van der Waals surface area contributed by atoms with Crippen molar-refractivity contribution in [3.05, 3.63) is 71.9 Å². The maximum Gasteiger partial charge on any atom is 0.336 e. The molecule has 0 aliphatic heterocycles. The van der Waals surface area contributed by atoms with E-state index in [0.29, 0.717) is 46.9 Å². The van der Waals surface area contributed by atoms with Crippen LogP contribution in [0.5, 0.6) is 6.01 Å². The Hall–Kier alpha value is -3.82. The monoisotopic (exact) mass is 453 g/mol. The molecule has 2 aromatic heterocycles. The highest BCUT2D eigenvalue weighted by Crippen LogP contribution is 2.25. The van der Waals surface area contributed by atoms with Crippen molar-refractivity contribution in [2.75, 3.05) is 31.0 Å². The molecule has 0 bridgehead atoms. The van der Waals surface area contributed by atoms with E-state index in [-0.39, 0.29) is 12.0 Å². The standard InChI is InChI=1S/C22H20ClN5O4/c1-30-12-13-32-22-26-20(19-6-3-11-31-19)28(27-22)18-9-7-16(8-10-18)24-21(29)25-17-5-2-4-15(23)14-17/h2-11,14H,12-13H2,1H3,(H2,24,25,29). The predicted molar refractivity (Wildman–Crippen MR) is 121 cm³/mol. The van der Waals surface area contributed by atoms with E-state index in [2.05, 4.69) is 20.7 Å². The summed E-state index contributed by atoms with van der Waals surface area (Å²) in [6, 6.07) is 17.4. The van der Waals surface area contributed by atoms with Gasteiger partial charge in [0.05, 0.1) is 18.6 Å². The normalized spacial score (nSPS) is 10.7. The third kappa shape index (κ3) is 5.26. The molecular weight excluding hydrogens is 434 g/mol. The number of aromatic nitrogens is 3. The van der Waals surface area contributed by atoms with E-state index < -0.39 is 0 Å². The number of amides is 2. The summed E-state index contributed by atoms with van der Waals surface area (Å²) in [6.45, 7) is 0.741. The van der Waals surface area contributed by atoms with Gasteiger partial charge < -0.3 is 24.5 Å². The van der Waals surface area contributed by atoms with Crippen molar-refractivity contribution in [2.24, 2.45) is 0 Å². The van der Waals surface area contributed by atoms with Crippen LogP contribution in [0.3, 0.4) is 0 Å². The Morgan fingerprint density at radius 2 is 1.88 bits per heavy atom. The lowest BCUT2D eigenvalue weighted by molar-refractivity contribution is 0.141. The Morgan fingerprint density at radius 3 is 2.59 bits per heavy atom. The molecule has 164 valence electrons. The Balaban J connectivity index is 1.50. The first-order valence-corrected chi connectivity index (χ1v) is 10.1. The third-order valence-corrected chi connectivity index (χ3v) is 4.54. The Morgan fingerprint density at radius 1 is 1.06 bits per heavy atom. The fourth-order valence-electron chi connectivity index (χ4n) is 2.86. The maximum absolute atomic E-state index is 12.3. The summed E-state index contributed by atoms with van der Waals surface area (Å²) in [5, 5.41) is 10.5. The van der Waals surface area contributed by atoms with Crippen molar-refractivity contribution in [3.8, 4) is 23.3 Å². The molecule has 0 radical (unpaired) electrons. The van der Waals surface area contributed by atoms with Gasteiger partial charge in [0.15, 0.2) is 5.76 Å². The molecule has 0 saturated carbocycles. The first-order valence-electron chi connectivity index (χ1n) is 9.69. The molecule has 0 aliphatic rings. The van der Waals surface area contributed by atoms with Crippen LogP contribution in [0.2, 0.25) is 5.02 Å². The summed E-state index contributed by atoms with van der Waals surface area (Å²) in [7, 11) is 1.59. The van der Waals surface area contributed by atoms with Gasteiger partial charge in [-0.15, -0.1) is 5.10 Å². The molecular formula is C22H20ClN5O4. The van der Waals surface area contributed by atoms with Crippen LogP contribution in [0, 0.1) is 0 Å². The van der Waals surface area contributed by atoms with Gasteiger partial charge in [-0.05, 0) is 54.6 Å². The van der Waals surface area contributed by atoms with Crippen molar-refractivity contribution < 1.29 is 18.7 Å². The summed E-state index contributed by atoms with van der Waals surface area (Å²) in [4.78, 5) is 16.7. The van der Waals surface area contributed by atoms with Gasteiger partial charge in [0.2, 0.25) is 5.82 Å². The zero-order chi connectivity index (χ0) is 22.3. The number of carbonyl (C=O) groups excluding carboxylic acids is 1. The number of methoxy groups -OCH3 is 1. The number of hydrogen-bond acceptors (Lipinski definition) is 6. The topological polar surface area (TPSA) is 103 Å². The van der Waals surface area contributed by atoms with Crippen LogP contribution in [-0.2, 0) is 4.74 Å². The van der Waals surface area contributed by atoms with Crippen molar-refractivity contribution in [1.29, 1.82) is 0 Å². The molecule has 2 heterocycles. The minimum atomic E-state index is -0.383. The third-order valence-electron chi connectivity index (χ3n) is 4.30. The molecule has 0 fully saturated rings. The van der Waals surface area contributed by atoms with E-state index in [9.17, 15) is 4.79 Å². The number of benzene rings is 2. The Kier molecular flexibility index (Phi) is 6.69. The fourth-order valence-corrected chi connectivity index (χ4v) is 3.05. The number of ether oxygens (including phenoxy) is 2. The van der Waals surface area contributed by atoms with Gasteiger partial charge in [-0.25, -0.2) is 9.48 Å². The van der Waals surface area contributed by atoms with Gasteiger partial charge in [0.25, 0.3) is 0 Å². The zero-order valence-electron chi connectivity index (χ0n) is 17.1. The maximum atomic E-state index is 12.3. The summed E-state index contributed by atoms with van der Waals surface area (Å²) < 4.78 is 17.6. The average Bonchev–Trinajstić information content (AvgIpc) is 3.44. The fraction of sp³-hybridized carbons (Fsp3) is 0.136.